The summed E-state index contributed by atoms with van der Waals surface area (Å²) in [6.45, 7) is 3.32. The van der Waals surface area contributed by atoms with Crippen molar-refractivity contribution in [3.8, 4) is 0 Å². The molecule has 0 aromatic heterocycles. The van der Waals surface area contributed by atoms with Crippen molar-refractivity contribution in [2.24, 2.45) is 17.7 Å². The first kappa shape index (κ1) is 7.03. The van der Waals surface area contributed by atoms with Crippen LogP contribution >= 0.6 is 0 Å². The van der Waals surface area contributed by atoms with Gasteiger partial charge in [-0.1, -0.05) is 19.8 Å². The lowest BCUT2D eigenvalue weighted by molar-refractivity contribution is 0.396. The van der Waals surface area contributed by atoms with Gasteiger partial charge in [-0.15, -0.1) is 0 Å². The van der Waals surface area contributed by atoms with Gasteiger partial charge in [0.15, 0.2) is 0 Å². The van der Waals surface area contributed by atoms with E-state index in [0.29, 0.717) is 0 Å². The lowest BCUT2D eigenvalue weighted by Gasteiger charge is -2.12. The van der Waals surface area contributed by atoms with Crippen molar-refractivity contribution in [3.05, 3.63) is 0 Å². The van der Waals surface area contributed by atoms with E-state index >= 15 is 0 Å². The smallest absolute Gasteiger partial charge is 0.0128 e. The molecule has 54 valence electrons. The monoisotopic (exact) mass is 128 g/mol. The molecule has 2 unspecified atom stereocenters. The second-order valence-corrected chi connectivity index (χ2v) is 3.08. The van der Waals surface area contributed by atoms with Crippen LogP contribution in [-0.2, 0) is 0 Å². The van der Waals surface area contributed by atoms with Gasteiger partial charge in [0, 0.05) is 6.54 Å². The minimum absolute atomic E-state index is 0.843. The highest BCUT2D eigenvalue weighted by atomic mass is 15.2. The number of nitrogens with two attached hydrogens (primary N) is 1. The van der Waals surface area contributed by atoms with Gasteiger partial charge in [0.25, 0.3) is 0 Å². The Kier molecular flexibility index (Phi) is 2.49. The van der Waals surface area contributed by atoms with E-state index in [1.165, 1.54) is 19.3 Å². The highest BCUT2D eigenvalue weighted by Crippen LogP contribution is 2.29. The Balaban J connectivity index is 2.22. The van der Waals surface area contributed by atoms with Crippen LogP contribution in [0.3, 0.4) is 0 Å². The van der Waals surface area contributed by atoms with Gasteiger partial charge in [0.1, 0.15) is 0 Å². The first-order valence-corrected chi connectivity index (χ1v) is 3.78. The van der Waals surface area contributed by atoms with E-state index in [1.807, 2.05) is 0 Å². The first-order valence-electron chi connectivity index (χ1n) is 3.78. The molecule has 1 fully saturated rings. The predicted octanol–water partition coefficient (Wildman–Crippen LogP) is 0.886. The fourth-order valence-corrected chi connectivity index (χ4v) is 1.68. The molecule has 0 bridgehead atoms. The number of hydrazine groups is 1. The fourth-order valence-electron chi connectivity index (χ4n) is 1.68. The molecular formula is C7H16N2. The number of hydrogen-bond acceptors (Lipinski definition) is 2. The fraction of sp³-hybridized carbons (Fsp3) is 1.00. The summed E-state index contributed by atoms with van der Waals surface area (Å²) in [5.41, 5.74) is 2.74. The largest absolute Gasteiger partial charge is 0.271 e. The van der Waals surface area contributed by atoms with Crippen LogP contribution < -0.4 is 11.3 Å². The lowest BCUT2D eigenvalue weighted by Crippen LogP contribution is -2.29. The second-order valence-electron chi connectivity index (χ2n) is 3.08. The molecule has 0 heterocycles. The van der Waals surface area contributed by atoms with Crippen LogP contribution in [0.5, 0.6) is 0 Å². The number of rotatable bonds is 2. The molecule has 1 saturated carbocycles. The standard InChI is InChI=1S/C7H16N2/c1-6-3-2-4-7(6)5-9-8/h6-7,9H,2-5,8H2,1H3. The summed E-state index contributed by atoms with van der Waals surface area (Å²) < 4.78 is 0. The Hall–Kier alpha value is -0.0800. The molecule has 9 heavy (non-hydrogen) atoms. The van der Waals surface area contributed by atoms with Crippen molar-refractivity contribution in [2.45, 2.75) is 26.2 Å². The minimum atomic E-state index is 0.843. The summed E-state index contributed by atoms with van der Waals surface area (Å²) >= 11 is 0. The summed E-state index contributed by atoms with van der Waals surface area (Å²) in [7, 11) is 0. The highest BCUT2D eigenvalue weighted by molar-refractivity contribution is 4.74. The first-order chi connectivity index (χ1) is 4.34. The van der Waals surface area contributed by atoms with E-state index in [9.17, 15) is 0 Å². The van der Waals surface area contributed by atoms with E-state index in [1.54, 1.807) is 0 Å². The molecule has 2 atom stereocenters. The number of nitrogens with one attached hydrogen (secondary N) is 1. The van der Waals surface area contributed by atoms with Crippen molar-refractivity contribution < 1.29 is 0 Å². The van der Waals surface area contributed by atoms with Gasteiger partial charge in [-0.2, -0.15) is 0 Å². The maximum atomic E-state index is 5.22. The molecule has 0 aromatic rings. The molecule has 2 heteroatoms. The van der Waals surface area contributed by atoms with Crippen molar-refractivity contribution in [2.75, 3.05) is 6.54 Å². The number of hydrogen-bond donors (Lipinski definition) is 2. The molecule has 0 aliphatic heterocycles. The van der Waals surface area contributed by atoms with Crippen LogP contribution in [-0.4, -0.2) is 6.54 Å². The van der Waals surface area contributed by atoms with E-state index in [-0.39, 0.29) is 0 Å². The molecular weight excluding hydrogens is 112 g/mol. The quantitative estimate of drug-likeness (QED) is 0.428. The van der Waals surface area contributed by atoms with Crippen LogP contribution in [0, 0.1) is 11.8 Å². The maximum absolute atomic E-state index is 5.22. The zero-order chi connectivity index (χ0) is 6.69. The van der Waals surface area contributed by atoms with Gasteiger partial charge in [-0.05, 0) is 18.3 Å². The Bertz CT molecular complexity index is 83.0. The summed E-state index contributed by atoms with van der Waals surface area (Å²) in [5.74, 6) is 6.95. The Morgan fingerprint density at radius 3 is 2.78 bits per heavy atom. The molecule has 0 spiro atoms. The van der Waals surface area contributed by atoms with Gasteiger partial charge in [-0.3, -0.25) is 11.3 Å². The van der Waals surface area contributed by atoms with E-state index in [2.05, 4.69) is 12.3 Å². The summed E-state index contributed by atoms with van der Waals surface area (Å²) in [5, 5.41) is 0. The molecule has 1 aliphatic carbocycles. The van der Waals surface area contributed by atoms with Crippen molar-refractivity contribution >= 4 is 0 Å². The van der Waals surface area contributed by atoms with Crippen molar-refractivity contribution in [1.29, 1.82) is 0 Å². The van der Waals surface area contributed by atoms with Gasteiger partial charge < -0.3 is 0 Å². The summed E-state index contributed by atoms with van der Waals surface area (Å²) in [6, 6.07) is 0. The average molecular weight is 128 g/mol. The van der Waals surface area contributed by atoms with Crippen LogP contribution in [0.25, 0.3) is 0 Å². The second kappa shape index (κ2) is 3.18. The molecule has 1 rings (SSSR count). The molecule has 3 N–H and O–H groups in total. The average Bonchev–Trinajstić information content (AvgIpc) is 2.18. The third-order valence-electron chi connectivity index (χ3n) is 2.42. The Morgan fingerprint density at radius 2 is 2.33 bits per heavy atom. The zero-order valence-corrected chi connectivity index (χ0v) is 6.06. The third kappa shape index (κ3) is 1.66. The lowest BCUT2D eigenvalue weighted by atomic mass is 9.99. The van der Waals surface area contributed by atoms with Crippen molar-refractivity contribution in [1.82, 2.24) is 5.43 Å². The third-order valence-corrected chi connectivity index (χ3v) is 2.42. The molecule has 0 aromatic carbocycles. The van der Waals surface area contributed by atoms with Gasteiger partial charge >= 0.3 is 0 Å². The molecule has 0 radical (unpaired) electrons. The molecule has 0 amide bonds. The van der Waals surface area contributed by atoms with Crippen LogP contribution in [0.4, 0.5) is 0 Å². The molecule has 2 nitrogen and oxygen atoms in total. The molecule has 1 aliphatic rings. The zero-order valence-electron chi connectivity index (χ0n) is 6.06. The van der Waals surface area contributed by atoms with Crippen LogP contribution in [0.1, 0.15) is 26.2 Å². The van der Waals surface area contributed by atoms with E-state index in [0.717, 1.165) is 18.4 Å². The van der Waals surface area contributed by atoms with E-state index in [4.69, 9.17) is 5.84 Å². The highest BCUT2D eigenvalue weighted by Gasteiger charge is 2.21. The van der Waals surface area contributed by atoms with E-state index < -0.39 is 0 Å². The van der Waals surface area contributed by atoms with Crippen LogP contribution in [0.2, 0.25) is 0 Å². The SMILES string of the molecule is CC1CCCC1CNN. The summed E-state index contributed by atoms with van der Waals surface area (Å²) in [4.78, 5) is 0. The minimum Gasteiger partial charge on any atom is -0.271 e. The molecule has 0 saturated heterocycles. The van der Waals surface area contributed by atoms with Crippen LogP contribution in [0.15, 0.2) is 0 Å². The Morgan fingerprint density at radius 1 is 1.56 bits per heavy atom. The van der Waals surface area contributed by atoms with Gasteiger partial charge in [-0.25, -0.2) is 0 Å². The van der Waals surface area contributed by atoms with Gasteiger partial charge in [0.05, 0.1) is 0 Å². The normalized spacial score (nSPS) is 35.3. The Labute approximate surface area is 56.8 Å². The topological polar surface area (TPSA) is 38.0 Å². The van der Waals surface area contributed by atoms with Crippen molar-refractivity contribution in [3.63, 3.8) is 0 Å². The predicted molar refractivity (Wildman–Crippen MR) is 38.7 cm³/mol. The summed E-state index contributed by atoms with van der Waals surface area (Å²) in [6.07, 6.45) is 4.16. The van der Waals surface area contributed by atoms with Gasteiger partial charge in [0.2, 0.25) is 0 Å². The maximum Gasteiger partial charge on any atom is 0.0128 e.